The minimum Gasteiger partial charge on any atom is -0.308 e. The van der Waals surface area contributed by atoms with Crippen LogP contribution in [0.25, 0.3) is 54.8 Å². The molecule has 280 valence electrons. The fraction of sp³-hybridized carbons (Fsp3) is 0.0370. The van der Waals surface area contributed by atoms with Gasteiger partial charge in [-0.25, -0.2) is 4.99 Å². The average Bonchev–Trinajstić information content (AvgIpc) is 3.63. The molecule has 9 aromatic rings. The number of para-hydroxylation sites is 3. The van der Waals surface area contributed by atoms with E-state index in [1.807, 2.05) is 42.4 Å². The summed E-state index contributed by atoms with van der Waals surface area (Å²) in [5.74, 6) is 0. The second-order valence-corrected chi connectivity index (χ2v) is 16.2. The van der Waals surface area contributed by atoms with Crippen molar-refractivity contribution in [2.75, 3.05) is 4.90 Å². The number of allylic oxidation sites excluding steroid dienone is 4. The summed E-state index contributed by atoms with van der Waals surface area (Å²) in [6.07, 6.45) is 10.0. The van der Waals surface area contributed by atoms with Crippen LogP contribution in [0.5, 0.6) is 0 Å². The van der Waals surface area contributed by atoms with Crippen molar-refractivity contribution in [2.45, 2.75) is 22.6 Å². The molecule has 0 saturated carbocycles. The maximum absolute atomic E-state index is 9.07. The number of nitrogens with zero attached hydrogens (tertiary/aromatic N) is 3. The van der Waals surface area contributed by atoms with Crippen molar-refractivity contribution in [2.24, 2.45) is 4.99 Å². The van der Waals surface area contributed by atoms with Gasteiger partial charge in [-0.3, -0.25) is 9.98 Å². The van der Waals surface area contributed by atoms with Crippen molar-refractivity contribution in [1.29, 1.82) is 5.41 Å². The van der Waals surface area contributed by atoms with Crippen molar-refractivity contribution in [3.8, 4) is 22.3 Å². The first-order valence-electron chi connectivity index (χ1n) is 20.1. The van der Waals surface area contributed by atoms with Crippen LogP contribution in [0.3, 0.4) is 0 Å². The molecule has 11 rings (SSSR count). The molecule has 0 amide bonds. The first-order valence-corrected chi connectivity index (χ1v) is 20.9. The SMILES string of the molecule is N=C(C1=CC=CCC1)c1ccccc1N=Cn1c2ccc(-c3cccc(-c4ccc5c(c4)Sc4ccccc4N5c4ccccc4)c3)cc2c2c3ccccc3ccc21. The Morgan fingerprint density at radius 3 is 2.20 bits per heavy atom. The van der Waals surface area contributed by atoms with Crippen molar-refractivity contribution in [3.63, 3.8) is 0 Å². The highest BCUT2D eigenvalue weighted by atomic mass is 32.2. The van der Waals surface area contributed by atoms with E-state index in [0.717, 1.165) is 51.9 Å². The Bertz CT molecular complexity index is 3220. The number of nitrogens with one attached hydrogen (secondary N) is 1. The predicted octanol–water partition coefficient (Wildman–Crippen LogP) is 15.1. The number of benzene rings is 8. The van der Waals surface area contributed by atoms with Gasteiger partial charge < -0.3 is 4.90 Å². The van der Waals surface area contributed by atoms with Crippen LogP contribution in [-0.4, -0.2) is 16.6 Å². The van der Waals surface area contributed by atoms with Crippen LogP contribution in [-0.2, 0) is 0 Å². The molecule has 0 spiro atoms. The molecule has 0 saturated heterocycles. The Kier molecular flexibility index (Phi) is 8.67. The van der Waals surface area contributed by atoms with Gasteiger partial charge in [0.15, 0.2) is 0 Å². The normalized spacial score (nSPS) is 13.6. The third-order valence-corrected chi connectivity index (χ3v) is 12.7. The lowest BCUT2D eigenvalue weighted by Gasteiger charge is -2.33. The highest BCUT2D eigenvalue weighted by molar-refractivity contribution is 7.99. The summed E-state index contributed by atoms with van der Waals surface area (Å²) >= 11 is 1.84. The smallest absolute Gasteiger partial charge is 0.100 e. The van der Waals surface area contributed by atoms with Gasteiger partial charge in [0.2, 0.25) is 0 Å². The molecular weight excluding hydrogens is 737 g/mol. The van der Waals surface area contributed by atoms with E-state index in [4.69, 9.17) is 10.4 Å². The van der Waals surface area contributed by atoms with Crippen molar-refractivity contribution >= 4 is 79.1 Å². The minimum atomic E-state index is 0.538. The van der Waals surface area contributed by atoms with Crippen LogP contribution < -0.4 is 4.90 Å². The number of rotatable bonds is 7. The van der Waals surface area contributed by atoms with Gasteiger partial charge in [-0.15, -0.1) is 0 Å². The quantitative estimate of drug-likeness (QED) is 0.129. The average molecular weight is 775 g/mol. The Morgan fingerprint density at radius 1 is 0.593 bits per heavy atom. The zero-order valence-electron chi connectivity index (χ0n) is 32.2. The highest BCUT2D eigenvalue weighted by Gasteiger charge is 2.25. The van der Waals surface area contributed by atoms with Gasteiger partial charge >= 0.3 is 0 Å². The summed E-state index contributed by atoms with van der Waals surface area (Å²) in [6.45, 7) is 0. The number of aliphatic imine (C=N–C) groups is 1. The first-order chi connectivity index (χ1) is 29.2. The van der Waals surface area contributed by atoms with E-state index in [9.17, 15) is 0 Å². The zero-order chi connectivity index (χ0) is 39.3. The molecule has 2 heterocycles. The predicted molar refractivity (Wildman–Crippen MR) is 250 cm³/mol. The van der Waals surface area contributed by atoms with Gasteiger partial charge in [0.1, 0.15) is 6.34 Å². The lowest BCUT2D eigenvalue weighted by atomic mass is 9.95. The van der Waals surface area contributed by atoms with E-state index in [1.54, 1.807) is 0 Å². The topological polar surface area (TPSA) is 44.4 Å². The fourth-order valence-corrected chi connectivity index (χ4v) is 9.79. The van der Waals surface area contributed by atoms with E-state index < -0.39 is 0 Å². The van der Waals surface area contributed by atoms with Crippen LogP contribution in [0, 0.1) is 5.41 Å². The summed E-state index contributed by atoms with van der Waals surface area (Å²) < 4.78 is 2.21. The maximum atomic E-state index is 9.07. The molecule has 0 fully saturated rings. The van der Waals surface area contributed by atoms with Crippen molar-refractivity contribution < 1.29 is 0 Å². The van der Waals surface area contributed by atoms with Gasteiger partial charge in [0, 0.05) is 31.8 Å². The zero-order valence-corrected chi connectivity index (χ0v) is 33.0. The second kappa shape index (κ2) is 14.6. The largest absolute Gasteiger partial charge is 0.308 e. The Balaban J connectivity index is 0.996. The van der Waals surface area contributed by atoms with Crippen LogP contribution in [0.4, 0.5) is 22.7 Å². The minimum absolute atomic E-state index is 0.538. The molecule has 4 nitrogen and oxygen atoms in total. The number of hydrogen-bond acceptors (Lipinski definition) is 4. The van der Waals surface area contributed by atoms with Crippen LogP contribution >= 0.6 is 11.8 Å². The first kappa shape index (κ1) is 35.0. The molecule has 1 N–H and O–H groups in total. The van der Waals surface area contributed by atoms with Gasteiger partial charge in [0.25, 0.3) is 0 Å². The molecule has 0 atom stereocenters. The lowest BCUT2D eigenvalue weighted by molar-refractivity contribution is 1.00. The number of anilines is 3. The molecule has 1 aliphatic heterocycles. The Hall–Kier alpha value is -7.21. The summed E-state index contributed by atoms with van der Waals surface area (Å²) in [6, 6.07) is 63.0. The maximum Gasteiger partial charge on any atom is 0.100 e. The molecular formula is C54H38N4S. The third kappa shape index (κ3) is 6.19. The van der Waals surface area contributed by atoms with E-state index in [2.05, 4.69) is 179 Å². The van der Waals surface area contributed by atoms with Crippen LogP contribution in [0.1, 0.15) is 18.4 Å². The molecule has 0 bridgehead atoms. The molecule has 8 aromatic carbocycles. The number of aromatic nitrogens is 1. The molecule has 59 heavy (non-hydrogen) atoms. The van der Waals surface area contributed by atoms with Gasteiger partial charge in [-0.05, 0) is 118 Å². The monoisotopic (exact) mass is 774 g/mol. The molecule has 5 heteroatoms. The van der Waals surface area contributed by atoms with Gasteiger partial charge in [-0.1, -0.05) is 139 Å². The van der Waals surface area contributed by atoms with E-state index in [1.165, 1.54) is 59.4 Å². The van der Waals surface area contributed by atoms with E-state index in [-0.39, 0.29) is 0 Å². The molecule has 0 unspecified atom stereocenters. The summed E-state index contributed by atoms with van der Waals surface area (Å²) in [7, 11) is 0. The number of hydrogen-bond donors (Lipinski definition) is 1. The Morgan fingerprint density at radius 2 is 1.32 bits per heavy atom. The second-order valence-electron chi connectivity index (χ2n) is 15.1. The molecule has 2 aliphatic rings. The van der Waals surface area contributed by atoms with Crippen molar-refractivity contribution in [3.05, 3.63) is 205 Å². The fourth-order valence-electron chi connectivity index (χ4n) is 8.70. The van der Waals surface area contributed by atoms with Gasteiger partial charge in [-0.2, -0.15) is 0 Å². The van der Waals surface area contributed by atoms with Gasteiger partial charge in [0.05, 0.1) is 33.8 Å². The summed E-state index contributed by atoms with van der Waals surface area (Å²) in [4.78, 5) is 9.94. The van der Waals surface area contributed by atoms with Crippen molar-refractivity contribution in [1.82, 2.24) is 4.57 Å². The summed E-state index contributed by atoms with van der Waals surface area (Å²) in [5, 5.41) is 13.9. The number of fused-ring (bicyclic) bond motifs is 7. The molecule has 1 aliphatic carbocycles. The van der Waals surface area contributed by atoms with Crippen LogP contribution in [0.15, 0.2) is 215 Å². The third-order valence-electron chi connectivity index (χ3n) is 11.6. The van der Waals surface area contributed by atoms with E-state index in [0.29, 0.717) is 5.71 Å². The van der Waals surface area contributed by atoms with E-state index >= 15 is 0 Å². The molecule has 0 radical (unpaired) electrons. The molecule has 1 aromatic heterocycles. The standard InChI is InChI=1S/C54H38N4S/c55-54(37-15-3-1-4-16-37)44-22-9-10-23-46(44)56-35-57-47-29-27-40(33-45(47)53-43-21-8-7-14-36(43)26-31-50(53)57)38-17-13-18-39(32-38)41-28-30-49-52(34-41)59-51-25-12-11-24-48(51)58(49)42-19-5-2-6-20-42/h1-3,5-15,17-35,55H,4,16H2. The lowest BCUT2D eigenvalue weighted by Crippen LogP contribution is -2.14. The van der Waals surface area contributed by atoms with Crippen LogP contribution in [0.2, 0.25) is 0 Å². The summed E-state index contributed by atoms with van der Waals surface area (Å²) in [5.41, 5.74) is 13.6. The Labute approximate surface area is 347 Å². The highest BCUT2D eigenvalue weighted by Crippen LogP contribution is 2.52.